The summed E-state index contributed by atoms with van der Waals surface area (Å²) in [4.78, 5) is 12.7. The maximum Gasteiger partial charge on any atom is 0.148 e. The Balaban J connectivity index is 1.81. The first-order valence-electron chi connectivity index (χ1n) is 14.8. The van der Waals surface area contributed by atoms with Crippen LogP contribution in [0.2, 0.25) is 0 Å². The van der Waals surface area contributed by atoms with Crippen LogP contribution in [0.5, 0.6) is 11.5 Å². The molecule has 0 fully saturated rings. The highest BCUT2D eigenvalue weighted by Crippen LogP contribution is 2.49. The van der Waals surface area contributed by atoms with Crippen molar-refractivity contribution in [3.63, 3.8) is 0 Å². The Labute approximate surface area is 266 Å². The van der Waals surface area contributed by atoms with Crippen LogP contribution in [-0.2, 0) is 27.5 Å². The Morgan fingerprint density at radius 2 is 1.50 bits per heavy atom. The van der Waals surface area contributed by atoms with Gasteiger partial charge >= 0.3 is 0 Å². The van der Waals surface area contributed by atoms with Gasteiger partial charge in [-0.05, 0) is 102 Å². The van der Waals surface area contributed by atoms with Gasteiger partial charge in [0.15, 0.2) is 0 Å². The van der Waals surface area contributed by atoms with Gasteiger partial charge in [-0.3, -0.25) is 4.79 Å². The molecular formula is C36H47IO5. The predicted octanol–water partition coefficient (Wildman–Crippen LogP) is 9.19. The summed E-state index contributed by atoms with van der Waals surface area (Å²) in [5.74, 6) is 1.95. The van der Waals surface area contributed by atoms with Crippen LogP contribution in [0, 0.1) is 11.3 Å². The molecule has 0 saturated carbocycles. The molecule has 6 heteroatoms. The monoisotopic (exact) mass is 686 g/mol. The molecule has 2 aromatic rings. The van der Waals surface area contributed by atoms with Gasteiger partial charge in [0.25, 0.3) is 0 Å². The van der Waals surface area contributed by atoms with Crippen molar-refractivity contribution in [2.24, 2.45) is 11.3 Å². The zero-order valence-corrected chi connectivity index (χ0v) is 28.2. The SMILES string of the molecule is COc1ccc(COCC2=C(C=O)[C@@H](OCc3ccc(OC)cc3)C[C@H](C)[C@@]2(C)CC/C(C)=C/CC/C(C)=C/I)cc1. The van der Waals surface area contributed by atoms with E-state index >= 15 is 0 Å². The third-order valence-corrected chi connectivity index (χ3v) is 9.77. The van der Waals surface area contributed by atoms with Crippen LogP contribution in [0.4, 0.5) is 0 Å². The highest BCUT2D eigenvalue weighted by atomic mass is 127. The molecule has 5 nitrogen and oxygen atoms in total. The van der Waals surface area contributed by atoms with Gasteiger partial charge in [-0.2, -0.15) is 0 Å². The van der Waals surface area contributed by atoms with E-state index in [2.05, 4.69) is 60.4 Å². The first kappa shape index (κ1) is 34.1. The second-order valence-electron chi connectivity index (χ2n) is 11.6. The lowest BCUT2D eigenvalue weighted by atomic mass is 9.62. The number of aldehydes is 1. The van der Waals surface area contributed by atoms with E-state index in [1.54, 1.807) is 14.2 Å². The summed E-state index contributed by atoms with van der Waals surface area (Å²) < 4.78 is 25.5. The first-order chi connectivity index (χ1) is 20.2. The summed E-state index contributed by atoms with van der Waals surface area (Å²) >= 11 is 2.31. The number of methoxy groups -OCH3 is 2. The minimum absolute atomic E-state index is 0.177. The Hall–Kier alpha value is -2.42. The maximum atomic E-state index is 12.7. The van der Waals surface area contributed by atoms with E-state index in [-0.39, 0.29) is 11.5 Å². The van der Waals surface area contributed by atoms with Gasteiger partial charge in [0.05, 0.1) is 40.1 Å². The van der Waals surface area contributed by atoms with Crippen LogP contribution in [0.3, 0.4) is 0 Å². The third-order valence-electron chi connectivity index (χ3n) is 8.71. The highest BCUT2D eigenvalue weighted by molar-refractivity contribution is 14.1. The number of ether oxygens (including phenoxy) is 4. The molecule has 0 heterocycles. The molecule has 0 unspecified atom stereocenters. The molecule has 3 rings (SSSR count). The van der Waals surface area contributed by atoms with E-state index in [1.807, 2.05) is 48.5 Å². The van der Waals surface area contributed by atoms with Crippen molar-refractivity contribution in [2.75, 3.05) is 20.8 Å². The third kappa shape index (κ3) is 9.55. The molecule has 0 bridgehead atoms. The van der Waals surface area contributed by atoms with Crippen molar-refractivity contribution in [1.82, 2.24) is 0 Å². The van der Waals surface area contributed by atoms with Gasteiger partial charge in [0, 0.05) is 5.57 Å². The van der Waals surface area contributed by atoms with Gasteiger partial charge in [0.1, 0.15) is 17.8 Å². The smallest absolute Gasteiger partial charge is 0.148 e. The molecule has 1 aliphatic carbocycles. The number of hydrogen-bond acceptors (Lipinski definition) is 5. The summed E-state index contributed by atoms with van der Waals surface area (Å²) in [5, 5.41) is 0. The lowest BCUT2D eigenvalue weighted by Gasteiger charge is -2.45. The molecule has 0 spiro atoms. The summed E-state index contributed by atoms with van der Waals surface area (Å²) in [6.45, 7) is 10.3. The fourth-order valence-electron chi connectivity index (χ4n) is 5.55. The minimum Gasteiger partial charge on any atom is -0.497 e. The lowest BCUT2D eigenvalue weighted by molar-refractivity contribution is -0.107. The molecule has 0 aliphatic heterocycles. The number of halogens is 1. The summed E-state index contributed by atoms with van der Waals surface area (Å²) in [7, 11) is 3.32. The van der Waals surface area contributed by atoms with Crippen LogP contribution >= 0.6 is 22.6 Å². The predicted molar refractivity (Wildman–Crippen MR) is 179 cm³/mol. The normalized spacial score (nSPS) is 21.4. The average Bonchev–Trinajstić information content (AvgIpc) is 3.01. The van der Waals surface area contributed by atoms with Crippen LogP contribution in [0.15, 0.2) is 81.0 Å². The van der Waals surface area contributed by atoms with Crippen molar-refractivity contribution < 1.29 is 23.7 Å². The molecule has 0 aromatic heterocycles. The summed E-state index contributed by atoms with van der Waals surface area (Å²) in [6, 6.07) is 15.8. The van der Waals surface area contributed by atoms with E-state index in [0.717, 1.165) is 72.2 Å². The molecule has 0 N–H and O–H groups in total. The zero-order chi connectivity index (χ0) is 30.5. The zero-order valence-electron chi connectivity index (χ0n) is 26.1. The Morgan fingerprint density at radius 3 is 2.05 bits per heavy atom. The lowest BCUT2D eigenvalue weighted by Crippen LogP contribution is -2.41. The van der Waals surface area contributed by atoms with Crippen molar-refractivity contribution >= 4 is 28.9 Å². The standard InChI is InChI=1S/C36H47IO5/c1-26(8-7-9-27(2)21-37)18-19-36(4)28(3)20-35(42-24-30-12-16-32(40-6)17-13-30)33(22-38)34(36)25-41-23-29-10-14-31(39-5)15-11-29/h8,10-17,21-22,28,35H,7,9,18-20,23-25H2,1-6H3/b26-8+,27-21+/t28-,35-,36+/m0/s1. The Bertz CT molecular complexity index is 1230. The number of carbonyl (C=O) groups is 1. The average molecular weight is 687 g/mol. The molecule has 0 saturated heterocycles. The number of allylic oxidation sites excluding steroid dienone is 3. The largest absolute Gasteiger partial charge is 0.497 e. The van der Waals surface area contributed by atoms with Crippen molar-refractivity contribution in [3.05, 3.63) is 92.1 Å². The van der Waals surface area contributed by atoms with E-state index in [0.29, 0.717) is 25.7 Å². The van der Waals surface area contributed by atoms with E-state index in [1.165, 1.54) is 11.1 Å². The molecule has 42 heavy (non-hydrogen) atoms. The van der Waals surface area contributed by atoms with Gasteiger partial charge in [-0.25, -0.2) is 0 Å². The van der Waals surface area contributed by atoms with Crippen molar-refractivity contribution in [3.8, 4) is 11.5 Å². The van der Waals surface area contributed by atoms with E-state index in [4.69, 9.17) is 18.9 Å². The van der Waals surface area contributed by atoms with Gasteiger partial charge in [-0.1, -0.05) is 77.9 Å². The molecule has 3 atom stereocenters. The van der Waals surface area contributed by atoms with Crippen LogP contribution < -0.4 is 9.47 Å². The number of hydrogen-bond donors (Lipinski definition) is 0. The van der Waals surface area contributed by atoms with E-state index < -0.39 is 0 Å². The fourth-order valence-corrected chi connectivity index (χ4v) is 5.86. The number of benzene rings is 2. The second-order valence-corrected chi connectivity index (χ2v) is 12.3. The molecule has 228 valence electrons. The van der Waals surface area contributed by atoms with Gasteiger partial charge in [0.2, 0.25) is 0 Å². The van der Waals surface area contributed by atoms with Crippen LogP contribution in [0.25, 0.3) is 0 Å². The van der Waals surface area contributed by atoms with Crippen LogP contribution in [0.1, 0.15) is 70.9 Å². The van der Waals surface area contributed by atoms with Gasteiger partial charge in [-0.15, -0.1) is 0 Å². The molecule has 0 amide bonds. The van der Waals surface area contributed by atoms with Gasteiger partial charge < -0.3 is 18.9 Å². The van der Waals surface area contributed by atoms with Crippen molar-refractivity contribution in [1.29, 1.82) is 0 Å². The summed E-state index contributed by atoms with van der Waals surface area (Å²) in [5.41, 5.74) is 6.55. The quantitative estimate of drug-likeness (QED) is 0.100. The molecule has 0 radical (unpaired) electrons. The van der Waals surface area contributed by atoms with Crippen molar-refractivity contribution in [2.45, 2.75) is 79.1 Å². The minimum atomic E-state index is -0.271. The maximum absolute atomic E-state index is 12.7. The first-order valence-corrected chi connectivity index (χ1v) is 16.0. The number of rotatable bonds is 16. The van der Waals surface area contributed by atoms with E-state index in [9.17, 15) is 4.79 Å². The highest BCUT2D eigenvalue weighted by Gasteiger charge is 2.43. The van der Waals surface area contributed by atoms with Crippen LogP contribution in [-0.4, -0.2) is 33.2 Å². The Morgan fingerprint density at radius 1 is 0.905 bits per heavy atom. The number of carbonyl (C=O) groups excluding carboxylic acids is 1. The second kappa shape index (κ2) is 17.0. The summed E-state index contributed by atoms with van der Waals surface area (Å²) in [6.07, 6.45) is 7.99. The molecule has 2 aromatic carbocycles. The molecular weight excluding hydrogens is 639 g/mol. The topological polar surface area (TPSA) is 54.0 Å². The Kier molecular flexibility index (Phi) is 13.8. The fraction of sp³-hybridized carbons (Fsp3) is 0.472. The molecule has 1 aliphatic rings.